The van der Waals surface area contributed by atoms with Crippen molar-refractivity contribution in [2.45, 2.75) is 32.2 Å². The molecule has 24 heavy (non-hydrogen) atoms. The van der Waals surface area contributed by atoms with E-state index < -0.39 is 0 Å². The zero-order chi connectivity index (χ0) is 17.1. The van der Waals surface area contributed by atoms with Gasteiger partial charge in [-0.3, -0.25) is 9.59 Å². The number of hydrogen-bond acceptors (Lipinski definition) is 3. The minimum Gasteiger partial charge on any atom is -0.339 e. The second-order valence-electron chi connectivity index (χ2n) is 7.13. The maximum atomic E-state index is 12.9. The lowest BCUT2D eigenvalue weighted by atomic mass is 9.95. The molecule has 0 saturated carbocycles. The Bertz CT molecular complexity index is 590. The Balaban J connectivity index is 1.65. The number of carbonyl (C=O) groups is 2. The predicted octanol–water partition coefficient (Wildman–Crippen LogP) is 1.73. The molecule has 2 amide bonds. The first-order chi connectivity index (χ1) is 11.6. The molecule has 2 aliphatic heterocycles. The highest BCUT2D eigenvalue weighted by molar-refractivity contribution is 5.94. The van der Waals surface area contributed by atoms with Crippen molar-refractivity contribution < 1.29 is 9.59 Å². The molecule has 0 radical (unpaired) electrons. The van der Waals surface area contributed by atoms with Gasteiger partial charge in [0, 0.05) is 31.2 Å². The summed E-state index contributed by atoms with van der Waals surface area (Å²) in [6.07, 6.45) is 2.74. The zero-order valence-corrected chi connectivity index (χ0v) is 14.4. The minimum atomic E-state index is -0.0783. The summed E-state index contributed by atoms with van der Waals surface area (Å²) in [5, 5.41) is 0. The maximum absolute atomic E-state index is 12.9. The first kappa shape index (κ1) is 17.0. The van der Waals surface area contributed by atoms with Crippen molar-refractivity contribution >= 4 is 11.8 Å². The van der Waals surface area contributed by atoms with Crippen LogP contribution >= 0.6 is 0 Å². The molecule has 0 bridgehead atoms. The highest BCUT2D eigenvalue weighted by Gasteiger charge is 2.37. The monoisotopic (exact) mass is 329 g/mol. The Morgan fingerprint density at radius 3 is 2.62 bits per heavy atom. The number of benzene rings is 1. The largest absolute Gasteiger partial charge is 0.339 e. The fraction of sp³-hybridized carbons (Fsp3) is 0.579. The topological polar surface area (TPSA) is 66.6 Å². The van der Waals surface area contributed by atoms with E-state index in [0.717, 1.165) is 32.4 Å². The normalized spacial score (nSPS) is 27.3. The number of piperidine rings is 1. The molecule has 3 atom stereocenters. The summed E-state index contributed by atoms with van der Waals surface area (Å²) < 4.78 is 0. The molecule has 2 N–H and O–H groups in total. The van der Waals surface area contributed by atoms with Gasteiger partial charge in [0.1, 0.15) is 0 Å². The van der Waals surface area contributed by atoms with Gasteiger partial charge in [-0.25, -0.2) is 0 Å². The molecule has 130 valence electrons. The van der Waals surface area contributed by atoms with Gasteiger partial charge in [-0.1, -0.05) is 18.2 Å². The fourth-order valence-electron chi connectivity index (χ4n) is 3.98. The fourth-order valence-corrected chi connectivity index (χ4v) is 3.98. The van der Waals surface area contributed by atoms with Crippen LogP contribution in [0, 0.1) is 11.8 Å². The number of likely N-dealkylation sites (tertiary alicyclic amines) is 2. The van der Waals surface area contributed by atoms with Gasteiger partial charge in [0.25, 0.3) is 5.91 Å². The van der Waals surface area contributed by atoms with Crippen LogP contribution in [-0.4, -0.2) is 53.8 Å². The van der Waals surface area contributed by atoms with Crippen LogP contribution in [0.1, 0.15) is 36.5 Å². The van der Waals surface area contributed by atoms with Crippen molar-refractivity contribution in [1.29, 1.82) is 0 Å². The van der Waals surface area contributed by atoms with Crippen molar-refractivity contribution in [1.82, 2.24) is 9.80 Å². The third-order valence-electron chi connectivity index (χ3n) is 5.36. The second-order valence-corrected chi connectivity index (χ2v) is 7.13. The Kier molecular flexibility index (Phi) is 5.19. The van der Waals surface area contributed by atoms with E-state index in [2.05, 4.69) is 6.92 Å². The molecule has 2 aliphatic rings. The van der Waals surface area contributed by atoms with E-state index >= 15 is 0 Å². The average Bonchev–Trinajstić information content (AvgIpc) is 3.02. The lowest BCUT2D eigenvalue weighted by Gasteiger charge is -2.35. The van der Waals surface area contributed by atoms with Crippen LogP contribution in [0.15, 0.2) is 30.3 Å². The van der Waals surface area contributed by atoms with E-state index in [1.807, 2.05) is 40.1 Å². The van der Waals surface area contributed by atoms with E-state index in [0.29, 0.717) is 24.6 Å². The van der Waals surface area contributed by atoms with Gasteiger partial charge in [0.2, 0.25) is 5.91 Å². The summed E-state index contributed by atoms with van der Waals surface area (Å²) in [6, 6.07) is 9.58. The predicted molar refractivity (Wildman–Crippen MR) is 93.4 cm³/mol. The SMILES string of the molecule is CC1CC(CN)CN1C(=O)C1CCCN(C(=O)c2ccccc2)C1. The first-order valence-electron chi connectivity index (χ1n) is 8.95. The number of amides is 2. The molecule has 3 unspecified atom stereocenters. The van der Waals surface area contributed by atoms with Crippen LogP contribution in [0.5, 0.6) is 0 Å². The molecular formula is C19H27N3O2. The Morgan fingerprint density at radius 2 is 1.96 bits per heavy atom. The van der Waals surface area contributed by atoms with Gasteiger partial charge < -0.3 is 15.5 Å². The summed E-state index contributed by atoms with van der Waals surface area (Å²) in [4.78, 5) is 29.4. The van der Waals surface area contributed by atoms with Gasteiger partial charge in [-0.15, -0.1) is 0 Å². The summed E-state index contributed by atoms with van der Waals surface area (Å²) in [7, 11) is 0. The Morgan fingerprint density at radius 1 is 1.21 bits per heavy atom. The van der Waals surface area contributed by atoms with Crippen molar-refractivity contribution in [2.24, 2.45) is 17.6 Å². The van der Waals surface area contributed by atoms with Gasteiger partial charge in [-0.2, -0.15) is 0 Å². The van der Waals surface area contributed by atoms with E-state index in [-0.39, 0.29) is 23.8 Å². The molecule has 2 saturated heterocycles. The highest BCUT2D eigenvalue weighted by Crippen LogP contribution is 2.27. The molecule has 0 spiro atoms. The molecular weight excluding hydrogens is 302 g/mol. The van der Waals surface area contributed by atoms with Gasteiger partial charge >= 0.3 is 0 Å². The third kappa shape index (κ3) is 3.46. The summed E-state index contributed by atoms with van der Waals surface area (Å²) >= 11 is 0. The van der Waals surface area contributed by atoms with Crippen LogP contribution in [0.3, 0.4) is 0 Å². The van der Waals surface area contributed by atoms with Crippen molar-refractivity contribution in [3.05, 3.63) is 35.9 Å². The van der Waals surface area contributed by atoms with Crippen molar-refractivity contribution in [2.75, 3.05) is 26.2 Å². The van der Waals surface area contributed by atoms with E-state index in [4.69, 9.17) is 5.73 Å². The lowest BCUT2D eigenvalue weighted by Crippen LogP contribution is -2.47. The smallest absolute Gasteiger partial charge is 0.253 e. The van der Waals surface area contributed by atoms with Crippen LogP contribution in [0.4, 0.5) is 0 Å². The number of carbonyl (C=O) groups excluding carboxylic acids is 2. The third-order valence-corrected chi connectivity index (χ3v) is 5.36. The molecule has 2 fully saturated rings. The molecule has 3 rings (SSSR count). The second kappa shape index (κ2) is 7.34. The minimum absolute atomic E-state index is 0.0300. The lowest BCUT2D eigenvalue weighted by molar-refractivity contribution is -0.137. The number of hydrogen-bond donors (Lipinski definition) is 1. The van der Waals surface area contributed by atoms with Gasteiger partial charge in [0.15, 0.2) is 0 Å². The van der Waals surface area contributed by atoms with E-state index in [1.54, 1.807) is 0 Å². The number of rotatable bonds is 3. The number of nitrogens with zero attached hydrogens (tertiary/aromatic N) is 2. The van der Waals surface area contributed by atoms with Gasteiger partial charge in [0.05, 0.1) is 5.92 Å². The van der Waals surface area contributed by atoms with Crippen LogP contribution in [0.2, 0.25) is 0 Å². The quantitative estimate of drug-likeness (QED) is 0.918. The van der Waals surface area contributed by atoms with Crippen LogP contribution in [-0.2, 0) is 4.79 Å². The van der Waals surface area contributed by atoms with Crippen LogP contribution < -0.4 is 5.73 Å². The summed E-state index contributed by atoms with van der Waals surface area (Å²) in [5.41, 5.74) is 6.47. The summed E-state index contributed by atoms with van der Waals surface area (Å²) in [6.45, 7) is 4.77. The average molecular weight is 329 g/mol. The molecule has 0 aromatic heterocycles. The maximum Gasteiger partial charge on any atom is 0.253 e. The number of nitrogens with two attached hydrogens (primary N) is 1. The zero-order valence-electron chi connectivity index (χ0n) is 14.4. The molecule has 2 heterocycles. The van der Waals surface area contributed by atoms with E-state index in [9.17, 15) is 9.59 Å². The molecule has 0 aliphatic carbocycles. The van der Waals surface area contributed by atoms with Gasteiger partial charge in [-0.05, 0) is 50.8 Å². The van der Waals surface area contributed by atoms with Crippen molar-refractivity contribution in [3.8, 4) is 0 Å². The standard InChI is InChI=1S/C19H27N3O2/c1-14-10-15(11-20)12-22(14)19(24)17-8-5-9-21(13-17)18(23)16-6-3-2-4-7-16/h2-4,6-7,14-15,17H,5,8-13,20H2,1H3. The van der Waals surface area contributed by atoms with E-state index in [1.165, 1.54) is 0 Å². The Labute approximate surface area is 143 Å². The highest BCUT2D eigenvalue weighted by atomic mass is 16.2. The molecule has 1 aromatic carbocycles. The first-order valence-corrected chi connectivity index (χ1v) is 8.95. The van der Waals surface area contributed by atoms with Crippen LogP contribution in [0.25, 0.3) is 0 Å². The Hall–Kier alpha value is -1.88. The van der Waals surface area contributed by atoms with Crippen molar-refractivity contribution in [3.63, 3.8) is 0 Å². The molecule has 5 heteroatoms. The summed E-state index contributed by atoms with van der Waals surface area (Å²) in [5.74, 6) is 0.561. The molecule has 5 nitrogen and oxygen atoms in total. The molecule has 1 aromatic rings.